The van der Waals surface area contributed by atoms with E-state index in [0.717, 1.165) is 49.6 Å². The van der Waals surface area contributed by atoms with E-state index in [2.05, 4.69) is 5.10 Å². The van der Waals surface area contributed by atoms with Gasteiger partial charge in [-0.1, -0.05) is 49.6 Å². The van der Waals surface area contributed by atoms with E-state index in [9.17, 15) is 9.90 Å². The molecule has 1 aliphatic rings. The molecule has 4 nitrogen and oxygen atoms in total. The highest BCUT2D eigenvalue weighted by molar-refractivity contribution is 5.85. The first-order valence-electron chi connectivity index (χ1n) is 7.57. The van der Waals surface area contributed by atoms with Gasteiger partial charge >= 0.3 is 0 Å². The maximum Gasteiger partial charge on any atom is 0.153 e. The molecule has 1 N–H and O–H groups in total. The standard InChI is InChI=1S/C17H20N2O2/c20-12-14-11-18-19(15-9-5-2-6-10-16(15)21)17(14)13-7-3-1-4-8-13/h1,3-4,7-8,11-12,15-16,21H,2,5-6,9-10H2. The Hall–Kier alpha value is -1.94. The van der Waals surface area contributed by atoms with E-state index >= 15 is 0 Å². The highest BCUT2D eigenvalue weighted by atomic mass is 16.3. The third kappa shape index (κ3) is 2.76. The second kappa shape index (κ2) is 6.22. The summed E-state index contributed by atoms with van der Waals surface area (Å²) in [6.07, 6.45) is 7.05. The van der Waals surface area contributed by atoms with E-state index < -0.39 is 6.10 Å². The number of aromatic nitrogens is 2. The molecule has 21 heavy (non-hydrogen) atoms. The summed E-state index contributed by atoms with van der Waals surface area (Å²) in [5.74, 6) is 0. The lowest BCUT2D eigenvalue weighted by atomic mass is 10.0. The van der Waals surface area contributed by atoms with Gasteiger partial charge in [-0.2, -0.15) is 5.10 Å². The minimum atomic E-state index is -0.394. The number of rotatable bonds is 3. The highest BCUT2D eigenvalue weighted by Gasteiger charge is 2.27. The Kier molecular flexibility index (Phi) is 4.15. The average Bonchev–Trinajstić information content (AvgIpc) is 2.83. The Morgan fingerprint density at radius 1 is 1.14 bits per heavy atom. The average molecular weight is 284 g/mol. The van der Waals surface area contributed by atoms with Gasteiger partial charge in [-0.15, -0.1) is 0 Å². The van der Waals surface area contributed by atoms with Crippen LogP contribution in [0.1, 0.15) is 48.5 Å². The van der Waals surface area contributed by atoms with Gasteiger partial charge in [0.15, 0.2) is 6.29 Å². The fourth-order valence-corrected chi connectivity index (χ4v) is 3.16. The van der Waals surface area contributed by atoms with Gasteiger partial charge in [-0.3, -0.25) is 9.48 Å². The van der Waals surface area contributed by atoms with Crippen LogP contribution < -0.4 is 0 Å². The molecule has 3 rings (SSSR count). The second-order valence-corrected chi connectivity index (χ2v) is 5.65. The van der Waals surface area contributed by atoms with Gasteiger partial charge < -0.3 is 5.11 Å². The molecule has 0 spiro atoms. The third-order valence-electron chi connectivity index (χ3n) is 4.26. The maximum atomic E-state index is 11.3. The van der Waals surface area contributed by atoms with Gasteiger partial charge in [-0.25, -0.2) is 0 Å². The summed E-state index contributed by atoms with van der Waals surface area (Å²) < 4.78 is 1.86. The number of benzene rings is 1. The topological polar surface area (TPSA) is 55.1 Å². The van der Waals surface area contributed by atoms with Gasteiger partial charge in [0, 0.05) is 5.56 Å². The SMILES string of the molecule is O=Cc1cnn(C2CCCCCC2O)c1-c1ccccc1. The molecule has 4 heteroatoms. The van der Waals surface area contributed by atoms with Crippen molar-refractivity contribution in [3.05, 3.63) is 42.1 Å². The van der Waals surface area contributed by atoms with E-state index in [4.69, 9.17) is 0 Å². The summed E-state index contributed by atoms with van der Waals surface area (Å²) in [5, 5.41) is 14.8. The fraction of sp³-hybridized carbons (Fsp3) is 0.412. The molecular weight excluding hydrogens is 264 g/mol. The Morgan fingerprint density at radius 2 is 1.90 bits per heavy atom. The molecule has 0 aliphatic heterocycles. The Labute approximate surface area is 124 Å². The zero-order valence-electron chi connectivity index (χ0n) is 12.0. The molecule has 2 aromatic rings. The molecule has 2 unspecified atom stereocenters. The van der Waals surface area contributed by atoms with E-state index in [0.29, 0.717) is 5.56 Å². The van der Waals surface area contributed by atoms with Crippen LogP contribution in [0.2, 0.25) is 0 Å². The Balaban J connectivity index is 2.06. The zero-order valence-corrected chi connectivity index (χ0v) is 12.0. The number of aliphatic hydroxyl groups is 1. The molecule has 110 valence electrons. The Bertz CT molecular complexity index is 607. The van der Waals surface area contributed by atoms with Gasteiger partial charge in [0.25, 0.3) is 0 Å². The smallest absolute Gasteiger partial charge is 0.153 e. The molecule has 1 fully saturated rings. The van der Waals surface area contributed by atoms with E-state index in [1.54, 1.807) is 6.20 Å². The summed E-state index contributed by atoms with van der Waals surface area (Å²) >= 11 is 0. The van der Waals surface area contributed by atoms with Crippen molar-refractivity contribution in [3.63, 3.8) is 0 Å². The van der Waals surface area contributed by atoms with Crippen LogP contribution in [0.15, 0.2) is 36.5 Å². The van der Waals surface area contributed by atoms with E-state index in [-0.39, 0.29) is 6.04 Å². The number of aliphatic hydroxyl groups excluding tert-OH is 1. The van der Waals surface area contributed by atoms with Crippen LogP contribution in [0.4, 0.5) is 0 Å². The van der Waals surface area contributed by atoms with Crippen LogP contribution in [-0.2, 0) is 0 Å². The summed E-state index contributed by atoms with van der Waals surface area (Å²) in [5.41, 5.74) is 2.36. The van der Waals surface area contributed by atoms with E-state index in [1.807, 2.05) is 35.0 Å². The van der Waals surface area contributed by atoms with Crippen molar-refractivity contribution >= 4 is 6.29 Å². The van der Waals surface area contributed by atoms with Crippen LogP contribution >= 0.6 is 0 Å². The van der Waals surface area contributed by atoms with Crippen LogP contribution in [0, 0.1) is 0 Å². The zero-order chi connectivity index (χ0) is 14.7. The third-order valence-corrected chi connectivity index (χ3v) is 4.26. The van der Waals surface area contributed by atoms with Crippen LogP contribution in [0.5, 0.6) is 0 Å². The van der Waals surface area contributed by atoms with Gasteiger partial charge in [-0.05, 0) is 12.8 Å². The molecule has 1 aromatic carbocycles. The van der Waals surface area contributed by atoms with Crippen molar-refractivity contribution < 1.29 is 9.90 Å². The summed E-state index contributed by atoms with van der Waals surface area (Å²) in [4.78, 5) is 11.3. The molecule has 0 saturated heterocycles. The molecule has 1 aromatic heterocycles. The number of hydrogen-bond donors (Lipinski definition) is 1. The first-order chi connectivity index (χ1) is 10.3. The fourth-order valence-electron chi connectivity index (χ4n) is 3.16. The largest absolute Gasteiger partial charge is 0.391 e. The molecule has 1 heterocycles. The highest BCUT2D eigenvalue weighted by Crippen LogP contribution is 2.32. The van der Waals surface area contributed by atoms with Crippen molar-refractivity contribution in [2.24, 2.45) is 0 Å². The van der Waals surface area contributed by atoms with E-state index in [1.165, 1.54) is 0 Å². The number of hydrogen-bond acceptors (Lipinski definition) is 3. The number of aldehydes is 1. The van der Waals surface area contributed by atoms with Crippen molar-refractivity contribution in [1.82, 2.24) is 9.78 Å². The molecule has 0 bridgehead atoms. The number of carbonyl (C=O) groups is 1. The molecular formula is C17H20N2O2. The molecule has 1 aliphatic carbocycles. The minimum Gasteiger partial charge on any atom is -0.391 e. The van der Waals surface area contributed by atoms with Crippen LogP contribution in [0.25, 0.3) is 11.3 Å². The monoisotopic (exact) mass is 284 g/mol. The first kappa shape index (κ1) is 14.0. The minimum absolute atomic E-state index is 0.0450. The molecule has 1 saturated carbocycles. The van der Waals surface area contributed by atoms with Crippen LogP contribution in [0.3, 0.4) is 0 Å². The normalized spacial score (nSPS) is 22.7. The maximum absolute atomic E-state index is 11.3. The predicted octanol–water partition coefficient (Wildman–Crippen LogP) is 3.23. The lowest BCUT2D eigenvalue weighted by Gasteiger charge is -2.23. The van der Waals surface area contributed by atoms with Crippen molar-refractivity contribution in [3.8, 4) is 11.3 Å². The van der Waals surface area contributed by atoms with Gasteiger partial charge in [0.05, 0.1) is 29.6 Å². The van der Waals surface area contributed by atoms with Gasteiger partial charge in [0.2, 0.25) is 0 Å². The quantitative estimate of drug-likeness (QED) is 0.695. The Morgan fingerprint density at radius 3 is 2.67 bits per heavy atom. The first-order valence-corrected chi connectivity index (χ1v) is 7.57. The molecule has 0 radical (unpaired) electrons. The van der Waals surface area contributed by atoms with Crippen molar-refractivity contribution in [2.45, 2.75) is 44.2 Å². The second-order valence-electron chi connectivity index (χ2n) is 5.65. The summed E-state index contributed by atoms with van der Waals surface area (Å²) in [6, 6.07) is 9.75. The number of nitrogens with zero attached hydrogens (tertiary/aromatic N) is 2. The van der Waals surface area contributed by atoms with Crippen molar-refractivity contribution in [2.75, 3.05) is 0 Å². The summed E-state index contributed by atoms with van der Waals surface area (Å²) in [7, 11) is 0. The molecule has 2 atom stereocenters. The molecule has 0 amide bonds. The van der Waals surface area contributed by atoms with Gasteiger partial charge in [0.1, 0.15) is 0 Å². The van der Waals surface area contributed by atoms with Crippen molar-refractivity contribution in [1.29, 1.82) is 0 Å². The predicted molar refractivity (Wildman–Crippen MR) is 81.2 cm³/mol. The lowest BCUT2D eigenvalue weighted by molar-refractivity contribution is 0.0997. The van der Waals surface area contributed by atoms with Crippen LogP contribution in [-0.4, -0.2) is 27.3 Å². The summed E-state index contributed by atoms with van der Waals surface area (Å²) in [6.45, 7) is 0. The number of carbonyl (C=O) groups excluding carboxylic acids is 1. The lowest BCUT2D eigenvalue weighted by Crippen LogP contribution is -2.24.